The van der Waals surface area contributed by atoms with Crippen molar-refractivity contribution in [2.75, 3.05) is 18.1 Å². The standard InChI is InChI=1S/C15H18N4O3S/c1-16-13(21)8-19-12(9-20)7-17-15(19)23-10-14(22)18-11-5-3-2-4-6-11/h2-7,20H,8-10H2,1H3,(H,16,21)(H,18,22). The van der Waals surface area contributed by atoms with Gasteiger partial charge in [-0.2, -0.15) is 0 Å². The highest BCUT2D eigenvalue weighted by molar-refractivity contribution is 7.99. The molecule has 3 N–H and O–H groups in total. The van der Waals surface area contributed by atoms with Gasteiger partial charge in [0.25, 0.3) is 0 Å². The van der Waals surface area contributed by atoms with Gasteiger partial charge in [-0.05, 0) is 12.1 Å². The fraction of sp³-hybridized carbons (Fsp3) is 0.267. The van der Waals surface area contributed by atoms with Crippen LogP contribution in [0.1, 0.15) is 5.69 Å². The number of aromatic nitrogens is 2. The number of carbonyl (C=O) groups is 2. The number of nitrogens with one attached hydrogen (secondary N) is 2. The summed E-state index contributed by atoms with van der Waals surface area (Å²) in [5.74, 6) is -0.209. The quantitative estimate of drug-likeness (QED) is 0.653. The smallest absolute Gasteiger partial charge is 0.239 e. The molecular formula is C15H18N4O3S. The molecule has 23 heavy (non-hydrogen) atoms. The van der Waals surface area contributed by atoms with Crippen LogP contribution in [0.3, 0.4) is 0 Å². The third kappa shape index (κ3) is 4.83. The molecule has 0 saturated carbocycles. The van der Waals surface area contributed by atoms with Gasteiger partial charge in [-0.25, -0.2) is 4.98 Å². The molecule has 122 valence electrons. The number of amides is 2. The van der Waals surface area contributed by atoms with Crippen molar-refractivity contribution in [3.63, 3.8) is 0 Å². The van der Waals surface area contributed by atoms with Crippen LogP contribution in [-0.4, -0.2) is 39.3 Å². The normalized spacial score (nSPS) is 10.3. The van der Waals surface area contributed by atoms with E-state index in [1.165, 1.54) is 25.0 Å². The van der Waals surface area contributed by atoms with Crippen LogP contribution in [0, 0.1) is 0 Å². The van der Waals surface area contributed by atoms with Gasteiger partial charge >= 0.3 is 0 Å². The number of aliphatic hydroxyl groups is 1. The van der Waals surface area contributed by atoms with Crippen molar-refractivity contribution < 1.29 is 14.7 Å². The minimum absolute atomic E-state index is 0.0506. The van der Waals surface area contributed by atoms with E-state index in [0.717, 1.165) is 5.69 Å². The summed E-state index contributed by atoms with van der Waals surface area (Å²) in [7, 11) is 1.54. The molecule has 0 aliphatic heterocycles. The van der Waals surface area contributed by atoms with Gasteiger partial charge in [-0.15, -0.1) is 0 Å². The van der Waals surface area contributed by atoms with Crippen molar-refractivity contribution in [1.29, 1.82) is 0 Å². The maximum absolute atomic E-state index is 12.0. The molecule has 7 nitrogen and oxygen atoms in total. The lowest BCUT2D eigenvalue weighted by atomic mass is 10.3. The van der Waals surface area contributed by atoms with Crippen molar-refractivity contribution in [1.82, 2.24) is 14.9 Å². The number of imidazole rings is 1. The van der Waals surface area contributed by atoms with Crippen LogP contribution in [0.15, 0.2) is 41.7 Å². The van der Waals surface area contributed by atoms with E-state index in [-0.39, 0.29) is 30.7 Å². The number of nitrogens with zero attached hydrogens (tertiary/aromatic N) is 2. The summed E-state index contributed by atoms with van der Waals surface area (Å²) >= 11 is 1.21. The predicted octanol–water partition coefficient (Wildman–Crippen LogP) is 0.852. The highest BCUT2D eigenvalue weighted by Gasteiger charge is 2.14. The Morgan fingerprint density at radius 1 is 1.26 bits per heavy atom. The zero-order valence-corrected chi connectivity index (χ0v) is 13.5. The van der Waals surface area contributed by atoms with Gasteiger partial charge in [0, 0.05) is 12.7 Å². The molecule has 0 bridgehead atoms. The molecule has 1 aromatic carbocycles. The molecule has 2 aromatic rings. The second kappa shape index (κ2) is 8.35. The van der Waals surface area contributed by atoms with Gasteiger partial charge in [0.1, 0.15) is 6.54 Å². The summed E-state index contributed by atoms with van der Waals surface area (Å²) < 4.78 is 1.60. The molecule has 0 aliphatic carbocycles. The molecule has 0 fully saturated rings. The predicted molar refractivity (Wildman–Crippen MR) is 88.0 cm³/mol. The largest absolute Gasteiger partial charge is 0.390 e. The fourth-order valence-electron chi connectivity index (χ4n) is 1.87. The zero-order valence-electron chi connectivity index (χ0n) is 12.7. The lowest BCUT2D eigenvalue weighted by molar-refractivity contribution is -0.121. The van der Waals surface area contributed by atoms with E-state index >= 15 is 0 Å². The van der Waals surface area contributed by atoms with Crippen molar-refractivity contribution in [2.45, 2.75) is 18.3 Å². The fourth-order valence-corrected chi connectivity index (χ4v) is 2.67. The zero-order chi connectivity index (χ0) is 16.7. The average Bonchev–Trinajstić information content (AvgIpc) is 2.95. The molecule has 0 saturated heterocycles. The van der Waals surface area contributed by atoms with Crippen LogP contribution in [0.4, 0.5) is 5.69 Å². The van der Waals surface area contributed by atoms with Crippen LogP contribution < -0.4 is 10.6 Å². The minimum Gasteiger partial charge on any atom is -0.390 e. The molecule has 2 amide bonds. The first-order valence-electron chi connectivity index (χ1n) is 6.97. The molecule has 1 heterocycles. The SMILES string of the molecule is CNC(=O)Cn1c(CO)cnc1SCC(=O)Nc1ccccc1. The number of likely N-dealkylation sites (N-methyl/N-ethyl adjacent to an activating group) is 1. The summed E-state index contributed by atoms with van der Waals surface area (Å²) in [4.78, 5) is 27.7. The molecule has 2 rings (SSSR count). The molecule has 0 unspecified atom stereocenters. The van der Waals surface area contributed by atoms with Crippen LogP contribution in [-0.2, 0) is 22.7 Å². The highest BCUT2D eigenvalue weighted by atomic mass is 32.2. The number of rotatable bonds is 7. The third-order valence-electron chi connectivity index (χ3n) is 3.03. The number of hydrogen-bond acceptors (Lipinski definition) is 5. The summed E-state index contributed by atoms with van der Waals surface area (Å²) in [6, 6.07) is 9.16. The molecule has 0 atom stereocenters. The van der Waals surface area contributed by atoms with Crippen molar-refractivity contribution in [3.05, 3.63) is 42.2 Å². The number of thioether (sulfide) groups is 1. The first-order chi connectivity index (χ1) is 11.1. The molecule has 0 radical (unpaired) electrons. The first-order valence-corrected chi connectivity index (χ1v) is 7.96. The molecule has 0 aliphatic rings. The van der Waals surface area contributed by atoms with Crippen LogP contribution in [0.25, 0.3) is 0 Å². The Morgan fingerprint density at radius 3 is 2.65 bits per heavy atom. The van der Waals surface area contributed by atoms with Crippen molar-refractivity contribution in [2.24, 2.45) is 0 Å². The Labute approximate surface area is 138 Å². The monoisotopic (exact) mass is 334 g/mol. The highest BCUT2D eigenvalue weighted by Crippen LogP contribution is 2.19. The first kappa shape index (κ1) is 17.0. The maximum atomic E-state index is 12.0. The summed E-state index contributed by atoms with van der Waals surface area (Å²) in [5, 5.41) is 15.1. The Bertz CT molecular complexity index is 673. The number of benzene rings is 1. The van der Waals surface area contributed by atoms with E-state index in [0.29, 0.717) is 10.9 Å². The van der Waals surface area contributed by atoms with Crippen LogP contribution in [0.5, 0.6) is 0 Å². The van der Waals surface area contributed by atoms with E-state index in [4.69, 9.17) is 0 Å². The van der Waals surface area contributed by atoms with E-state index in [2.05, 4.69) is 15.6 Å². The lowest BCUT2D eigenvalue weighted by Crippen LogP contribution is -2.25. The van der Waals surface area contributed by atoms with Crippen LogP contribution >= 0.6 is 11.8 Å². The van der Waals surface area contributed by atoms with Gasteiger partial charge in [0.2, 0.25) is 11.8 Å². The Hall–Kier alpha value is -2.32. The topological polar surface area (TPSA) is 96.2 Å². The number of hydrogen-bond donors (Lipinski definition) is 3. The summed E-state index contributed by atoms with van der Waals surface area (Å²) in [5.41, 5.74) is 1.25. The van der Waals surface area contributed by atoms with Gasteiger partial charge in [-0.3, -0.25) is 9.59 Å². The molecule has 1 aromatic heterocycles. The average molecular weight is 334 g/mol. The van der Waals surface area contributed by atoms with Gasteiger partial charge in [-0.1, -0.05) is 30.0 Å². The Kier molecular flexibility index (Phi) is 6.19. The Morgan fingerprint density at radius 2 is 2.00 bits per heavy atom. The van der Waals surface area contributed by atoms with E-state index < -0.39 is 0 Å². The van der Waals surface area contributed by atoms with Crippen molar-refractivity contribution >= 4 is 29.3 Å². The minimum atomic E-state index is -0.221. The van der Waals surface area contributed by atoms with E-state index in [9.17, 15) is 14.7 Å². The van der Waals surface area contributed by atoms with E-state index in [1.807, 2.05) is 18.2 Å². The van der Waals surface area contributed by atoms with Gasteiger partial charge in [0.05, 0.1) is 24.3 Å². The third-order valence-corrected chi connectivity index (χ3v) is 4.02. The second-order valence-electron chi connectivity index (χ2n) is 4.65. The number of para-hydroxylation sites is 1. The molecule has 8 heteroatoms. The van der Waals surface area contributed by atoms with Gasteiger partial charge < -0.3 is 20.3 Å². The number of aliphatic hydroxyl groups excluding tert-OH is 1. The van der Waals surface area contributed by atoms with Crippen LogP contribution in [0.2, 0.25) is 0 Å². The summed E-state index contributed by atoms with van der Waals surface area (Å²) in [6.45, 7) is -0.171. The second-order valence-corrected chi connectivity index (χ2v) is 5.59. The lowest BCUT2D eigenvalue weighted by Gasteiger charge is -2.09. The van der Waals surface area contributed by atoms with E-state index in [1.54, 1.807) is 16.7 Å². The maximum Gasteiger partial charge on any atom is 0.239 e. The molecular weight excluding hydrogens is 316 g/mol. The molecule has 0 spiro atoms. The Balaban J connectivity index is 1.98. The summed E-state index contributed by atoms with van der Waals surface area (Å²) in [6.07, 6.45) is 1.50. The number of anilines is 1. The van der Waals surface area contributed by atoms with Crippen molar-refractivity contribution in [3.8, 4) is 0 Å². The van der Waals surface area contributed by atoms with Gasteiger partial charge in [0.15, 0.2) is 5.16 Å². The number of carbonyl (C=O) groups excluding carboxylic acids is 2.